The fraction of sp³-hybridized carbons (Fsp3) is 0.476. The lowest BCUT2D eigenvalue weighted by Gasteiger charge is -2.38. The molecule has 1 aromatic rings. The summed E-state index contributed by atoms with van der Waals surface area (Å²) in [4.78, 5) is 61.1. The Kier molecular flexibility index (Phi) is 9.93. The first-order chi connectivity index (χ1) is 16.4. The van der Waals surface area contributed by atoms with Crippen LogP contribution in [0, 0.1) is 5.92 Å². The van der Waals surface area contributed by atoms with E-state index < -0.39 is 67.8 Å². The van der Waals surface area contributed by atoms with Crippen LogP contribution >= 0.6 is 23.2 Å². The van der Waals surface area contributed by atoms with E-state index in [-0.39, 0.29) is 27.9 Å². The molecule has 0 spiro atoms. The van der Waals surface area contributed by atoms with Gasteiger partial charge in [0, 0.05) is 5.02 Å². The van der Waals surface area contributed by atoms with Crippen molar-refractivity contribution in [2.75, 3.05) is 13.7 Å². The third-order valence-electron chi connectivity index (χ3n) is 5.00. The second-order valence-corrected chi connectivity index (χ2v) is 9.16. The van der Waals surface area contributed by atoms with Crippen molar-refractivity contribution < 1.29 is 43.1 Å². The summed E-state index contributed by atoms with van der Waals surface area (Å²) in [6, 6.07) is 4.30. The summed E-state index contributed by atoms with van der Waals surface area (Å²) in [6.07, 6.45) is -1.27. The average molecular weight is 531 g/mol. The number of carboxylic acid groups (broad SMARTS) is 1. The Morgan fingerprint density at radius 1 is 1.26 bits per heavy atom. The first kappa shape index (κ1) is 28.4. The van der Waals surface area contributed by atoms with E-state index in [2.05, 4.69) is 15.4 Å². The smallest absolute Gasteiger partial charge is 0.508 e. The molecule has 35 heavy (non-hydrogen) atoms. The first-order valence-electron chi connectivity index (χ1n) is 10.6. The van der Waals surface area contributed by atoms with Gasteiger partial charge in [-0.05, 0) is 30.5 Å². The normalized spacial score (nSPS) is 18.5. The molecule has 1 aliphatic rings. The molecule has 0 saturated carbocycles. The van der Waals surface area contributed by atoms with Crippen LogP contribution in [0.15, 0.2) is 18.2 Å². The Morgan fingerprint density at radius 3 is 2.54 bits per heavy atom. The maximum absolute atomic E-state index is 12.6. The number of rotatable bonds is 10. The maximum atomic E-state index is 12.6. The van der Waals surface area contributed by atoms with Gasteiger partial charge in [-0.15, -0.1) is 0 Å². The number of carboxylic acids is 1. The summed E-state index contributed by atoms with van der Waals surface area (Å²) in [5, 5.41) is 14.7. The van der Waals surface area contributed by atoms with E-state index in [4.69, 9.17) is 32.5 Å². The van der Waals surface area contributed by atoms with E-state index in [0.29, 0.717) is 0 Å². The van der Waals surface area contributed by atoms with Gasteiger partial charge in [0.15, 0.2) is 5.60 Å². The quantitative estimate of drug-likeness (QED) is 0.302. The summed E-state index contributed by atoms with van der Waals surface area (Å²) >= 11 is 11.9. The molecule has 0 aromatic heterocycles. The average Bonchev–Trinajstić information content (AvgIpc) is 2.76. The van der Waals surface area contributed by atoms with Gasteiger partial charge < -0.3 is 29.8 Å². The molecule has 11 nitrogen and oxygen atoms in total. The number of carbonyl (C=O) groups is 5. The summed E-state index contributed by atoms with van der Waals surface area (Å²) in [6.45, 7) is 3.20. The zero-order valence-corrected chi connectivity index (χ0v) is 20.8. The monoisotopic (exact) mass is 530 g/mol. The number of amides is 2. The first-order valence-corrected chi connectivity index (χ1v) is 11.3. The van der Waals surface area contributed by atoms with Crippen LogP contribution in [0.25, 0.3) is 0 Å². The second-order valence-electron chi connectivity index (χ2n) is 8.32. The summed E-state index contributed by atoms with van der Waals surface area (Å²) < 4.78 is 15.5. The van der Waals surface area contributed by atoms with Gasteiger partial charge in [-0.2, -0.15) is 0 Å². The molecule has 0 bridgehead atoms. The molecule has 2 amide bonds. The van der Waals surface area contributed by atoms with Crippen molar-refractivity contribution >= 4 is 60.0 Å². The standard InChI is InChI=1S/C21H25BCl2N2O9/c1-11(2)6-15(22-34-18(30)9-21(35-22,8-17(28)29)20(32)33-3)26-16(27)10-25-19(31)13-7-12(23)4-5-14(13)24/h4-5,7,11,15H,6,8-10H2,1-3H3,(H,25,31)(H,26,27)(H,28,29)/t15-,21-/m0/s1. The van der Waals surface area contributed by atoms with Crippen LogP contribution in [0.5, 0.6) is 0 Å². The van der Waals surface area contributed by atoms with Crippen LogP contribution in [0.3, 0.4) is 0 Å². The van der Waals surface area contributed by atoms with Crippen LogP contribution in [0.4, 0.5) is 0 Å². The highest BCUT2D eigenvalue weighted by molar-refractivity contribution is 6.50. The van der Waals surface area contributed by atoms with Crippen LogP contribution in [0.2, 0.25) is 10.0 Å². The molecule has 0 radical (unpaired) electrons. The lowest BCUT2D eigenvalue weighted by Crippen LogP contribution is -2.62. The van der Waals surface area contributed by atoms with Gasteiger partial charge in [0.05, 0.1) is 43.0 Å². The third kappa shape index (κ3) is 7.84. The molecule has 1 fully saturated rings. The number of methoxy groups -OCH3 is 1. The Bertz CT molecular complexity index is 1000. The van der Waals surface area contributed by atoms with E-state index in [1.165, 1.54) is 18.2 Å². The number of carbonyl (C=O) groups excluding carboxylic acids is 4. The van der Waals surface area contributed by atoms with Crippen molar-refractivity contribution in [1.82, 2.24) is 10.6 Å². The second kappa shape index (κ2) is 12.2. The highest BCUT2D eigenvalue weighted by atomic mass is 35.5. The molecule has 2 rings (SSSR count). The lowest BCUT2D eigenvalue weighted by atomic mass is 9.70. The SMILES string of the molecule is COC(=O)[C@]1(CC(=O)O)CC(=O)OB([C@H](CC(C)C)NC(=O)CNC(=O)c2cc(Cl)ccc2Cl)O1. The predicted octanol–water partition coefficient (Wildman–Crippen LogP) is 1.63. The van der Waals surface area contributed by atoms with E-state index in [0.717, 1.165) is 7.11 Å². The molecule has 0 unspecified atom stereocenters. The minimum atomic E-state index is -2.11. The van der Waals surface area contributed by atoms with Gasteiger partial charge in [-0.25, -0.2) is 4.79 Å². The molecule has 2 atom stereocenters. The molecule has 14 heteroatoms. The highest BCUT2D eigenvalue weighted by Crippen LogP contribution is 2.31. The Balaban J connectivity index is 2.16. The summed E-state index contributed by atoms with van der Waals surface area (Å²) in [7, 11) is -0.439. The third-order valence-corrected chi connectivity index (χ3v) is 5.56. The Labute approximate surface area is 211 Å². The van der Waals surface area contributed by atoms with E-state index in [1.807, 2.05) is 13.8 Å². The van der Waals surface area contributed by atoms with Gasteiger partial charge in [0.1, 0.15) is 0 Å². The summed E-state index contributed by atoms with van der Waals surface area (Å²) in [5.41, 5.74) is -2.04. The van der Waals surface area contributed by atoms with Crippen molar-refractivity contribution in [2.24, 2.45) is 5.92 Å². The van der Waals surface area contributed by atoms with Crippen molar-refractivity contribution in [1.29, 1.82) is 0 Å². The number of halogens is 2. The minimum Gasteiger partial charge on any atom is -0.508 e. The van der Waals surface area contributed by atoms with Crippen LogP contribution in [-0.2, 0) is 33.2 Å². The zero-order valence-electron chi connectivity index (χ0n) is 19.3. The van der Waals surface area contributed by atoms with Crippen molar-refractivity contribution in [3.63, 3.8) is 0 Å². The number of hydrogen-bond acceptors (Lipinski definition) is 8. The van der Waals surface area contributed by atoms with Crippen LogP contribution < -0.4 is 10.6 Å². The van der Waals surface area contributed by atoms with Crippen molar-refractivity contribution in [2.45, 2.75) is 44.7 Å². The number of aliphatic carboxylic acids is 1. The molecule has 190 valence electrons. The summed E-state index contributed by atoms with van der Waals surface area (Å²) in [5.74, 6) is -5.63. The van der Waals surface area contributed by atoms with E-state index >= 15 is 0 Å². The number of esters is 1. The fourth-order valence-electron chi connectivity index (χ4n) is 3.51. The largest absolute Gasteiger partial charge is 0.552 e. The van der Waals surface area contributed by atoms with Gasteiger partial charge in [0.25, 0.3) is 11.9 Å². The van der Waals surface area contributed by atoms with Gasteiger partial charge in [-0.1, -0.05) is 37.0 Å². The Morgan fingerprint density at radius 2 is 1.94 bits per heavy atom. The van der Waals surface area contributed by atoms with E-state index in [1.54, 1.807) is 0 Å². The maximum Gasteiger partial charge on any atom is 0.552 e. The molecule has 1 aliphatic heterocycles. The molecule has 1 heterocycles. The lowest BCUT2D eigenvalue weighted by molar-refractivity contribution is -0.177. The number of nitrogens with one attached hydrogen (secondary N) is 2. The molecular weight excluding hydrogens is 506 g/mol. The molecule has 3 N–H and O–H groups in total. The predicted molar refractivity (Wildman–Crippen MR) is 125 cm³/mol. The topological polar surface area (TPSA) is 157 Å². The van der Waals surface area contributed by atoms with Gasteiger partial charge in [-0.3, -0.25) is 19.2 Å². The molecular formula is C21H25BCl2N2O9. The highest BCUT2D eigenvalue weighted by Gasteiger charge is 2.55. The van der Waals surface area contributed by atoms with Crippen LogP contribution in [-0.4, -0.2) is 67.1 Å². The van der Waals surface area contributed by atoms with Gasteiger partial charge in [0.2, 0.25) is 5.91 Å². The molecule has 0 aliphatic carbocycles. The van der Waals surface area contributed by atoms with Crippen LogP contribution in [0.1, 0.15) is 43.5 Å². The molecule has 1 saturated heterocycles. The van der Waals surface area contributed by atoms with Crippen molar-refractivity contribution in [3.8, 4) is 0 Å². The van der Waals surface area contributed by atoms with Gasteiger partial charge >= 0.3 is 19.1 Å². The molecule has 1 aromatic carbocycles. The minimum absolute atomic E-state index is 0.0311. The fourth-order valence-corrected chi connectivity index (χ4v) is 3.89. The number of hydrogen-bond donors (Lipinski definition) is 3. The van der Waals surface area contributed by atoms with E-state index in [9.17, 15) is 29.1 Å². The van der Waals surface area contributed by atoms with Crippen molar-refractivity contribution in [3.05, 3.63) is 33.8 Å². The number of ether oxygens (including phenoxy) is 1. The zero-order chi connectivity index (χ0) is 26.3. The Hall–Kier alpha value is -2.83. The number of benzene rings is 1.